The topological polar surface area (TPSA) is 137 Å². The fraction of sp³-hybridized carbons (Fsp3) is 0.333. The quantitative estimate of drug-likeness (QED) is 0.493. The molecule has 1 aromatic rings. The molecule has 0 saturated heterocycles. The van der Waals surface area contributed by atoms with Gasteiger partial charge in [-0.1, -0.05) is 5.10 Å². The lowest BCUT2D eigenvalue weighted by Gasteiger charge is -1.87. The number of nitrogens with one attached hydrogen (secondary N) is 1. The Balaban J connectivity index is 2.59. The molecule has 0 saturated carbocycles. The Morgan fingerprint density at radius 3 is 2.62 bits per heavy atom. The Kier molecular flexibility index (Phi) is 2.33. The zero-order valence-electron chi connectivity index (χ0n) is 6.04. The summed E-state index contributed by atoms with van der Waals surface area (Å²) in [6.45, 7) is -0.517. The van der Waals surface area contributed by atoms with Crippen LogP contribution in [0.3, 0.4) is 0 Å². The van der Waals surface area contributed by atoms with Crippen LogP contribution < -0.4 is 0 Å². The van der Waals surface area contributed by atoms with Gasteiger partial charge in [0.25, 0.3) is 10.9 Å². The highest BCUT2D eigenvalue weighted by Crippen LogP contribution is 2.01. The minimum Gasteiger partial charge on any atom is -0.390 e. The van der Waals surface area contributed by atoms with Gasteiger partial charge in [0, 0.05) is 0 Å². The molecule has 10 heteroatoms. The number of hydrogen-bond acceptors (Lipinski definition) is 7. The predicted molar refractivity (Wildman–Crippen MR) is 34.8 cm³/mol. The van der Waals surface area contributed by atoms with Gasteiger partial charge in [-0.15, -0.1) is 15.2 Å². The number of nitro groups is 1. The summed E-state index contributed by atoms with van der Waals surface area (Å²) < 4.78 is 0. The summed E-state index contributed by atoms with van der Waals surface area (Å²) in [6, 6.07) is 0. The third kappa shape index (κ3) is 2.36. The molecule has 70 valence electrons. The van der Waals surface area contributed by atoms with Crippen molar-refractivity contribution in [3.63, 3.8) is 0 Å². The van der Waals surface area contributed by atoms with E-state index in [9.17, 15) is 20.2 Å². The van der Waals surface area contributed by atoms with Crippen LogP contribution in [0.1, 0.15) is 5.82 Å². The molecular formula is C3H3N5O5. The highest BCUT2D eigenvalue weighted by molar-refractivity contribution is 5.01. The molecule has 1 heterocycles. The van der Waals surface area contributed by atoms with Gasteiger partial charge in [0.15, 0.2) is 6.61 Å². The molecule has 0 aliphatic carbocycles. The summed E-state index contributed by atoms with van der Waals surface area (Å²) in [5.41, 5.74) is 0. The number of hydrogen-bond donors (Lipinski definition) is 1. The second-order valence-electron chi connectivity index (χ2n) is 1.83. The summed E-state index contributed by atoms with van der Waals surface area (Å²) in [5.74, 6) is -0.731. The average molecular weight is 189 g/mol. The third-order valence-electron chi connectivity index (χ3n) is 0.992. The largest absolute Gasteiger partial charge is 0.453 e. The van der Waals surface area contributed by atoms with E-state index in [2.05, 4.69) is 14.9 Å². The molecule has 0 radical (unpaired) electrons. The van der Waals surface area contributed by atoms with Gasteiger partial charge in [0.1, 0.15) is 0 Å². The summed E-state index contributed by atoms with van der Waals surface area (Å²) in [6.07, 6.45) is 0. The van der Waals surface area contributed by atoms with E-state index in [1.807, 2.05) is 5.10 Å². The van der Waals surface area contributed by atoms with Crippen LogP contribution in [0.5, 0.6) is 0 Å². The number of H-pyrrole nitrogens is 1. The second-order valence-corrected chi connectivity index (χ2v) is 1.83. The minimum atomic E-state index is -1.04. The summed E-state index contributed by atoms with van der Waals surface area (Å²) in [5, 5.41) is 24.0. The Bertz CT molecular complexity index is 333. The van der Waals surface area contributed by atoms with E-state index >= 15 is 0 Å². The highest BCUT2D eigenvalue weighted by Gasteiger charge is 2.14. The van der Waals surface area contributed by atoms with Crippen LogP contribution in [0.25, 0.3) is 0 Å². The molecule has 1 aromatic heterocycles. The van der Waals surface area contributed by atoms with E-state index in [-0.39, 0.29) is 5.82 Å². The second kappa shape index (κ2) is 3.42. The van der Waals surface area contributed by atoms with Crippen molar-refractivity contribution in [2.75, 3.05) is 0 Å². The van der Waals surface area contributed by atoms with Crippen LogP contribution >= 0.6 is 0 Å². The Hall–Kier alpha value is -2.26. The lowest BCUT2D eigenvalue weighted by atomic mass is 10.7. The Morgan fingerprint density at radius 2 is 2.15 bits per heavy atom. The van der Waals surface area contributed by atoms with Crippen molar-refractivity contribution < 1.29 is 14.8 Å². The molecule has 0 amide bonds. The van der Waals surface area contributed by atoms with E-state index in [1.54, 1.807) is 0 Å². The summed E-state index contributed by atoms with van der Waals surface area (Å²) in [4.78, 5) is 26.1. The average Bonchev–Trinajstić information content (AvgIpc) is 2.48. The smallest absolute Gasteiger partial charge is 0.390 e. The third-order valence-corrected chi connectivity index (χ3v) is 0.992. The van der Waals surface area contributed by atoms with Crippen LogP contribution in [0, 0.1) is 20.2 Å². The predicted octanol–water partition coefficient (Wildman–Crippen LogP) is -0.579. The van der Waals surface area contributed by atoms with Gasteiger partial charge in [-0.25, -0.2) is 0 Å². The molecule has 0 fully saturated rings. The normalized spacial score (nSPS) is 9.54. The van der Waals surface area contributed by atoms with Crippen LogP contribution in [0.15, 0.2) is 0 Å². The molecular weight excluding hydrogens is 186 g/mol. The number of nitrogens with zero attached hydrogens (tertiary/aromatic N) is 4. The maximum atomic E-state index is 10.0. The summed E-state index contributed by atoms with van der Waals surface area (Å²) >= 11 is 0. The molecule has 0 spiro atoms. The molecule has 0 atom stereocenters. The highest BCUT2D eigenvalue weighted by atomic mass is 16.9. The molecule has 0 unspecified atom stereocenters. The van der Waals surface area contributed by atoms with Crippen LogP contribution in [0.4, 0.5) is 5.95 Å². The van der Waals surface area contributed by atoms with E-state index in [0.29, 0.717) is 0 Å². The van der Waals surface area contributed by atoms with E-state index in [4.69, 9.17) is 0 Å². The lowest BCUT2D eigenvalue weighted by Crippen LogP contribution is -2.01. The standard InChI is InChI=1S/C3H3N5O5/c9-7(10)3-4-2(5-6-3)1-13-8(11)12/h1H2,(H,4,5,6). The SMILES string of the molecule is O=[N+]([O-])OCc1n[nH]c([N+](=O)[O-])n1. The van der Waals surface area contributed by atoms with Crippen LogP contribution in [-0.4, -0.2) is 25.2 Å². The van der Waals surface area contributed by atoms with Crippen LogP contribution in [-0.2, 0) is 11.4 Å². The number of rotatable bonds is 4. The lowest BCUT2D eigenvalue weighted by molar-refractivity contribution is -0.763. The maximum Gasteiger partial charge on any atom is 0.453 e. The van der Waals surface area contributed by atoms with Crippen molar-refractivity contribution in [3.8, 4) is 0 Å². The van der Waals surface area contributed by atoms with Gasteiger partial charge in [0.05, 0.1) is 0 Å². The maximum absolute atomic E-state index is 10.0. The van der Waals surface area contributed by atoms with E-state index < -0.39 is 22.6 Å². The fourth-order valence-electron chi connectivity index (χ4n) is 0.543. The molecule has 1 N–H and O–H groups in total. The first-order valence-corrected chi connectivity index (χ1v) is 2.92. The van der Waals surface area contributed by atoms with Gasteiger partial charge in [-0.2, -0.15) is 0 Å². The van der Waals surface area contributed by atoms with Crippen molar-refractivity contribution in [2.45, 2.75) is 6.61 Å². The van der Waals surface area contributed by atoms with Gasteiger partial charge < -0.3 is 15.0 Å². The van der Waals surface area contributed by atoms with Gasteiger partial charge in [-0.3, -0.25) is 0 Å². The van der Waals surface area contributed by atoms with Crippen LogP contribution in [0.2, 0.25) is 0 Å². The molecule has 1 rings (SSSR count). The molecule has 0 aromatic carbocycles. The monoisotopic (exact) mass is 189 g/mol. The fourth-order valence-corrected chi connectivity index (χ4v) is 0.543. The molecule has 0 bridgehead atoms. The zero-order chi connectivity index (χ0) is 9.84. The van der Waals surface area contributed by atoms with E-state index in [1.165, 1.54) is 0 Å². The first kappa shape index (κ1) is 8.83. The zero-order valence-corrected chi connectivity index (χ0v) is 6.04. The van der Waals surface area contributed by atoms with Gasteiger partial charge >= 0.3 is 5.95 Å². The Labute approximate surface area is 69.8 Å². The van der Waals surface area contributed by atoms with E-state index in [0.717, 1.165) is 0 Å². The first-order valence-electron chi connectivity index (χ1n) is 2.92. The van der Waals surface area contributed by atoms with Gasteiger partial charge in [0.2, 0.25) is 0 Å². The Morgan fingerprint density at radius 1 is 1.46 bits per heavy atom. The first-order chi connectivity index (χ1) is 6.09. The molecule has 13 heavy (non-hydrogen) atoms. The molecule has 0 aliphatic heterocycles. The van der Waals surface area contributed by atoms with Crippen molar-refractivity contribution in [2.24, 2.45) is 0 Å². The van der Waals surface area contributed by atoms with Gasteiger partial charge in [-0.05, 0) is 9.91 Å². The molecule has 0 aliphatic rings. The van der Waals surface area contributed by atoms with Crippen molar-refractivity contribution in [1.82, 2.24) is 15.2 Å². The minimum absolute atomic E-state index is 0.150. The number of aromatic amines is 1. The van der Waals surface area contributed by atoms with Crippen molar-refractivity contribution in [1.29, 1.82) is 0 Å². The number of aromatic nitrogens is 3. The molecule has 10 nitrogen and oxygen atoms in total. The summed E-state index contributed by atoms with van der Waals surface area (Å²) in [7, 11) is 0. The van der Waals surface area contributed by atoms with Crippen molar-refractivity contribution in [3.05, 3.63) is 26.1 Å². The van der Waals surface area contributed by atoms with Crippen molar-refractivity contribution >= 4 is 5.95 Å².